The molecule has 0 saturated carbocycles. The van der Waals surface area contributed by atoms with Gasteiger partial charge in [0.15, 0.2) is 0 Å². The molecule has 1 aromatic carbocycles. The molecule has 0 aliphatic heterocycles. The van der Waals surface area contributed by atoms with Gasteiger partial charge >= 0.3 is 8.60 Å². The zero-order valence-electron chi connectivity index (χ0n) is 10.7. The van der Waals surface area contributed by atoms with E-state index in [4.69, 9.17) is 13.6 Å². The second-order valence-electron chi connectivity index (χ2n) is 3.89. The van der Waals surface area contributed by atoms with Crippen LogP contribution in [0.4, 0.5) is 0 Å². The van der Waals surface area contributed by atoms with E-state index < -0.39 is 8.60 Å². The largest absolute Gasteiger partial charge is 0.463 e. The highest BCUT2D eigenvalue weighted by molar-refractivity contribution is 7.42. The summed E-state index contributed by atoms with van der Waals surface area (Å²) < 4.78 is 17.0. The van der Waals surface area contributed by atoms with Gasteiger partial charge in [-0.1, -0.05) is 30.4 Å². The van der Waals surface area contributed by atoms with Crippen LogP contribution in [-0.2, 0) is 9.05 Å². The Balaban J connectivity index is 1.96. The Morgan fingerprint density at radius 1 is 1.16 bits per heavy atom. The van der Waals surface area contributed by atoms with E-state index in [0.717, 1.165) is 24.4 Å². The smallest absolute Gasteiger partial charge is 0.418 e. The number of rotatable bonds is 7. The lowest BCUT2D eigenvalue weighted by molar-refractivity contribution is 0.265. The van der Waals surface area contributed by atoms with Crippen LogP contribution in [0.5, 0.6) is 5.75 Å². The maximum Gasteiger partial charge on any atom is 0.463 e. The summed E-state index contributed by atoms with van der Waals surface area (Å²) >= 11 is 0. The molecule has 0 fully saturated rings. The molecule has 1 unspecified atom stereocenters. The van der Waals surface area contributed by atoms with Crippen molar-refractivity contribution in [2.45, 2.75) is 12.8 Å². The topological polar surface area (TPSA) is 27.7 Å². The van der Waals surface area contributed by atoms with E-state index in [1.807, 2.05) is 42.5 Å². The van der Waals surface area contributed by atoms with Crippen molar-refractivity contribution in [3.63, 3.8) is 0 Å². The van der Waals surface area contributed by atoms with Crippen LogP contribution in [0.3, 0.4) is 0 Å². The summed E-state index contributed by atoms with van der Waals surface area (Å²) in [6.45, 7) is 4.03. The fraction of sp³-hybridized carbons (Fsp3) is 0.200. The van der Waals surface area contributed by atoms with Gasteiger partial charge in [-0.05, 0) is 37.1 Å². The van der Waals surface area contributed by atoms with Gasteiger partial charge in [0.25, 0.3) is 0 Å². The minimum atomic E-state index is -1.46. The van der Waals surface area contributed by atoms with Gasteiger partial charge in [-0.25, -0.2) is 0 Å². The second kappa shape index (κ2) is 7.78. The summed E-state index contributed by atoms with van der Waals surface area (Å²) in [5.41, 5.74) is 0. The molecule has 1 atom stereocenters. The van der Waals surface area contributed by atoms with Crippen LogP contribution in [0.2, 0.25) is 0 Å². The van der Waals surface area contributed by atoms with E-state index >= 15 is 0 Å². The van der Waals surface area contributed by atoms with Crippen LogP contribution < -0.4 is 4.52 Å². The van der Waals surface area contributed by atoms with Crippen LogP contribution in [0.25, 0.3) is 0 Å². The SMILES string of the molecule is C=CCOP(OC1=CCCC=C1)Oc1ccccc1. The molecule has 4 heteroatoms. The molecule has 0 N–H and O–H groups in total. The van der Waals surface area contributed by atoms with E-state index in [1.165, 1.54) is 0 Å². The summed E-state index contributed by atoms with van der Waals surface area (Å²) in [6.07, 6.45) is 9.79. The van der Waals surface area contributed by atoms with Crippen LogP contribution in [0.1, 0.15) is 12.8 Å². The van der Waals surface area contributed by atoms with E-state index in [1.54, 1.807) is 6.08 Å². The zero-order valence-corrected chi connectivity index (χ0v) is 11.6. The Hall–Kier alpha value is -1.57. The molecule has 0 radical (unpaired) electrons. The highest BCUT2D eigenvalue weighted by Crippen LogP contribution is 2.43. The van der Waals surface area contributed by atoms with Crippen molar-refractivity contribution in [1.29, 1.82) is 0 Å². The molecule has 2 rings (SSSR count). The van der Waals surface area contributed by atoms with Crippen LogP contribution in [-0.4, -0.2) is 6.61 Å². The van der Waals surface area contributed by atoms with Crippen LogP contribution in [0, 0.1) is 0 Å². The highest BCUT2D eigenvalue weighted by Gasteiger charge is 2.17. The van der Waals surface area contributed by atoms with Crippen molar-refractivity contribution in [3.8, 4) is 5.75 Å². The molecule has 19 heavy (non-hydrogen) atoms. The average Bonchev–Trinajstić information content (AvgIpc) is 2.47. The van der Waals surface area contributed by atoms with E-state index in [9.17, 15) is 0 Å². The molecule has 1 aliphatic rings. The fourth-order valence-corrected chi connectivity index (χ4v) is 2.47. The summed E-state index contributed by atoms with van der Waals surface area (Å²) in [7, 11) is -1.46. The Labute approximate surface area is 115 Å². The van der Waals surface area contributed by atoms with E-state index in [2.05, 4.69) is 12.7 Å². The van der Waals surface area contributed by atoms with Gasteiger partial charge in [-0.2, -0.15) is 0 Å². The summed E-state index contributed by atoms with van der Waals surface area (Å²) in [4.78, 5) is 0. The summed E-state index contributed by atoms with van der Waals surface area (Å²) in [6, 6.07) is 9.52. The molecular formula is C15H17O3P. The third kappa shape index (κ3) is 4.90. The monoisotopic (exact) mass is 276 g/mol. The first-order chi connectivity index (χ1) is 9.38. The number of hydrogen-bond acceptors (Lipinski definition) is 3. The minimum Gasteiger partial charge on any atom is -0.418 e. The lowest BCUT2D eigenvalue weighted by Crippen LogP contribution is -1.98. The average molecular weight is 276 g/mol. The van der Waals surface area contributed by atoms with Crippen molar-refractivity contribution in [3.05, 3.63) is 67.0 Å². The predicted molar refractivity (Wildman–Crippen MR) is 77.7 cm³/mol. The number of hydrogen-bond donors (Lipinski definition) is 0. The van der Waals surface area contributed by atoms with Gasteiger partial charge in [-0.3, -0.25) is 4.52 Å². The molecule has 1 aromatic rings. The Bertz CT molecular complexity index is 454. The van der Waals surface area contributed by atoms with Gasteiger partial charge in [0.2, 0.25) is 0 Å². The highest BCUT2D eigenvalue weighted by atomic mass is 31.2. The normalized spacial score (nSPS) is 15.5. The number of allylic oxidation sites excluding steroid dienone is 3. The molecule has 0 amide bonds. The third-order valence-corrected chi connectivity index (χ3v) is 3.44. The molecule has 3 nitrogen and oxygen atoms in total. The maximum absolute atomic E-state index is 5.74. The number of para-hydroxylation sites is 1. The minimum absolute atomic E-state index is 0.398. The third-order valence-electron chi connectivity index (χ3n) is 2.36. The maximum atomic E-state index is 5.74. The second-order valence-corrected chi connectivity index (χ2v) is 4.96. The standard InChI is InChI=1S/C15H17O3P/c1-2-13-16-19(17-14-9-5-3-6-10-14)18-15-11-7-4-8-12-15/h2-3,5-7,9-12H,1,4,8,13H2. The lowest BCUT2D eigenvalue weighted by Gasteiger charge is -2.18. The Kier molecular flexibility index (Phi) is 5.67. The summed E-state index contributed by atoms with van der Waals surface area (Å²) in [5.74, 6) is 1.54. The van der Waals surface area contributed by atoms with Gasteiger partial charge < -0.3 is 9.05 Å². The van der Waals surface area contributed by atoms with Crippen LogP contribution in [0.15, 0.2) is 67.0 Å². The van der Waals surface area contributed by atoms with Crippen molar-refractivity contribution >= 4 is 8.60 Å². The van der Waals surface area contributed by atoms with E-state index in [-0.39, 0.29) is 0 Å². The molecular weight excluding hydrogens is 259 g/mol. The molecule has 1 aliphatic carbocycles. The fourth-order valence-electron chi connectivity index (χ4n) is 1.50. The van der Waals surface area contributed by atoms with Gasteiger partial charge in [0, 0.05) is 0 Å². The Morgan fingerprint density at radius 2 is 2.00 bits per heavy atom. The van der Waals surface area contributed by atoms with Crippen LogP contribution >= 0.6 is 8.60 Å². The van der Waals surface area contributed by atoms with Gasteiger partial charge in [-0.15, -0.1) is 6.58 Å². The van der Waals surface area contributed by atoms with Crippen molar-refractivity contribution in [1.82, 2.24) is 0 Å². The molecule has 0 saturated heterocycles. The predicted octanol–water partition coefficient (Wildman–Crippen LogP) is 4.75. The quantitative estimate of drug-likeness (QED) is 0.531. The molecule has 0 spiro atoms. The van der Waals surface area contributed by atoms with Gasteiger partial charge in [0.1, 0.15) is 11.5 Å². The molecule has 100 valence electrons. The van der Waals surface area contributed by atoms with Crippen molar-refractivity contribution in [2.75, 3.05) is 6.61 Å². The first kappa shape index (κ1) is 13.9. The first-order valence-corrected chi connectivity index (χ1v) is 7.29. The Morgan fingerprint density at radius 3 is 2.68 bits per heavy atom. The van der Waals surface area contributed by atoms with Crippen molar-refractivity contribution < 1.29 is 13.6 Å². The number of benzene rings is 1. The van der Waals surface area contributed by atoms with Crippen molar-refractivity contribution in [2.24, 2.45) is 0 Å². The van der Waals surface area contributed by atoms with E-state index in [0.29, 0.717) is 6.61 Å². The van der Waals surface area contributed by atoms with Gasteiger partial charge in [0.05, 0.1) is 6.61 Å². The zero-order chi connectivity index (χ0) is 13.3. The first-order valence-electron chi connectivity index (χ1n) is 6.20. The molecule has 0 bridgehead atoms. The lowest BCUT2D eigenvalue weighted by atomic mass is 10.2. The molecule has 0 aromatic heterocycles. The molecule has 0 heterocycles. The summed E-state index contributed by atoms with van der Waals surface area (Å²) in [5, 5.41) is 0.